The van der Waals surface area contributed by atoms with Crippen LogP contribution in [0, 0.1) is 6.92 Å². The smallest absolute Gasteiger partial charge is 0.261 e. The molecule has 0 aliphatic rings. The predicted molar refractivity (Wildman–Crippen MR) is 84.8 cm³/mol. The van der Waals surface area contributed by atoms with E-state index >= 15 is 0 Å². The third-order valence-electron chi connectivity index (χ3n) is 3.78. The first-order valence-corrected chi connectivity index (χ1v) is 7.29. The number of hydrogen-bond donors (Lipinski definition) is 2. The maximum Gasteiger partial charge on any atom is 0.261 e. The quantitative estimate of drug-likeness (QED) is 0.878. The zero-order valence-corrected chi connectivity index (χ0v) is 14.2. The number of nitrogens with one attached hydrogen (secondary N) is 1. The zero-order chi connectivity index (χ0) is 16.4. The second-order valence-electron chi connectivity index (χ2n) is 6.34. The Balaban J connectivity index is 2.76. The molecule has 0 bridgehead atoms. The van der Waals surface area contributed by atoms with Gasteiger partial charge in [0.15, 0.2) is 6.10 Å². The zero-order valence-electron chi connectivity index (χ0n) is 13.5. The van der Waals surface area contributed by atoms with Crippen molar-refractivity contribution in [2.75, 3.05) is 0 Å². The number of amides is 1. The van der Waals surface area contributed by atoms with Crippen molar-refractivity contribution >= 4 is 17.5 Å². The molecule has 1 unspecified atom stereocenters. The fourth-order valence-electron chi connectivity index (χ4n) is 1.55. The Bertz CT molecular complexity index is 521. The highest BCUT2D eigenvalue weighted by molar-refractivity contribution is 6.30. The average molecular weight is 314 g/mol. The average Bonchev–Trinajstić information content (AvgIpc) is 2.30. The van der Waals surface area contributed by atoms with Gasteiger partial charge in [-0.15, -0.1) is 0 Å². The van der Waals surface area contributed by atoms with E-state index in [1.54, 1.807) is 52.8 Å². The molecule has 0 saturated heterocycles. The maximum absolute atomic E-state index is 12.2. The van der Waals surface area contributed by atoms with Gasteiger partial charge in [-0.25, -0.2) is 0 Å². The van der Waals surface area contributed by atoms with E-state index in [4.69, 9.17) is 16.3 Å². The molecule has 0 aromatic heterocycles. The Kier molecular flexibility index (Phi) is 5.29. The van der Waals surface area contributed by atoms with Gasteiger partial charge in [0, 0.05) is 5.02 Å². The standard InChI is InChI=1S/C16H24ClNO3/c1-10-9-12(17)7-8-13(10)21-11(2)14(19)18-15(3,4)16(5,6)20/h7-9,11,20H,1-6H3,(H,18,19). The summed E-state index contributed by atoms with van der Waals surface area (Å²) in [5.41, 5.74) is -0.945. The van der Waals surface area contributed by atoms with Crippen molar-refractivity contribution in [3.8, 4) is 5.75 Å². The first-order chi connectivity index (χ1) is 9.44. The topological polar surface area (TPSA) is 58.6 Å². The minimum absolute atomic E-state index is 0.281. The lowest BCUT2D eigenvalue weighted by molar-refractivity contribution is -0.132. The molecule has 118 valence electrons. The van der Waals surface area contributed by atoms with Crippen LogP contribution < -0.4 is 10.1 Å². The fourth-order valence-corrected chi connectivity index (χ4v) is 1.78. The van der Waals surface area contributed by atoms with Gasteiger partial charge in [0.25, 0.3) is 5.91 Å². The second-order valence-corrected chi connectivity index (χ2v) is 6.78. The van der Waals surface area contributed by atoms with E-state index in [9.17, 15) is 9.90 Å². The molecule has 0 fully saturated rings. The summed E-state index contributed by atoms with van der Waals surface area (Å²) in [7, 11) is 0. The number of carbonyl (C=O) groups is 1. The lowest BCUT2D eigenvalue weighted by Crippen LogP contribution is -2.59. The molecule has 0 spiro atoms. The van der Waals surface area contributed by atoms with Crippen LogP contribution in [0.5, 0.6) is 5.75 Å². The number of ether oxygens (including phenoxy) is 1. The molecule has 0 aliphatic heterocycles. The number of carbonyl (C=O) groups excluding carboxylic acids is 1. The Morgan fingerprint density at radius 3 is 2.38 bits per heavy atom. The van der Waals surface area contributed by atoms with Gasteiger partial charge in [0.2, 0.25) is 0 Å². The van der Waals surface area contributed by atoms with Gasteiger partial charge in [-0.05, 0) is 65.3 Å². The number of hydrogen-bond acceptors (Lipinski definition) is 3. The number of aryl methyl sites for hydroxylation is 1. The van der Waals surface area contributed by atoms with Crippen LogP contribution >= 0.6 is 11.6 Å². The first-order valence-electron chi connectivity index (χ1n) is 6.91. The summed E-state index contributed by atoms with van der Waals surface area (Å²) in [5, 5.41) is 13.5. The van der Waals surface area contributed by atoms with Crippen LogP contribution in [-0.2, 0) is 4.79 Å². The van der Waals surface area contributed by atoms with E-state index in [0.717, 1.165) is 5.56 Å². The van der Waals surface area contributed by atoms with E-state index < -0.39 is 17.2 Å². The SMILES string of the molecule is Cc1cc(Cl)ccc1OC(C)C(=O)NC(C)(C)C(C)(C)O. The number of rotatable bonds is 5. The Morgan fingerprint density at radius 1 is 1.33 bits per heavy atom. The van der Waals surface area contributed by atoms with E-state index in [1.165, 1.54) is 0 Å². The lowest BCUT2D eigenvalue weighted by atomic mass is 9.86. The summed E-state index contributed by atoms with van der Waals surface area (Å²) in [4.78, 5) is 12.2. The third kappa shape index (κ3) is 4.61. The molecule has 1 rings (SSSR count). The van der Waals surface area contributed by atoms with Gasteiger partial charge in [0.1, 0.15) is 5.75 Å². The van der Waals surface area contributed by atoms with Crippen LogP contribution in [0.25, 0.3) is 0 Å². The van der Waals surface area contributed by atoms with Crippen molar-refractivity contribution in [1.82, 2.24) is 5.32 Å². The number of aliphatic hydroxyl groups is 1. The molecule has 2 N–H and O–H groups in total. The van der Waals surface area contributed by atoms with Crippen molar-refractivity contribution in [3.05, 3.63) is 28.8 Å². The molecule has 0 heterocycles. The van der Waals surface area contributed by atoms with Crippen LogP contribution in [0.3, 0.4) is 0 Å². The molecule has 5 heteroatoms. The summed E-state index contributed by atoms with van der Waals surface area (Å²) < 4.78 is 5.67. The van der Waals surface area contributed by atoms with Crippen molar-refractivity contribution in [2.45, 2.75) is 58.8 Å². The van der Waals surface area contributed by atoms with Crippen LogP contribution in [0.2, 0.25) is 5.02 Å². The normalized spacial score (nSPS) is 13.7. The molecule has 1 aromatic carbocycles. The molecule has 1 aromatic rings. The summed E-state index contributed by atoms with van der Waals surface area (Å²) >= 11 is 5.89. The van der Waals surface area contributed by atoms with Crippen LogP contribution in [0.15, 0.2) is 18.2 Å². The first kappa shape index (κ1) is 17.8. The lowest BCUT2D eigenvalue weighted by Gasteiger charge is -2.38. The monoisotopic (exact) mass is 313 g/mol. The highest BCUT2D eigenvalue weighted by Gasteiger charge is 2.37. The van der Waals surface area contributed by atoms with Gasteiger partial charge >= 0.3 is 0 Å². The van der Waals surface area contributed by atoms with Crippen molar-refractivity contribution in [1.29, 1.82) is 0 Å². The molecular formula is C16H24ClNO3. The number of halogens is 1. The molecule has 0 aliphatic carbocycles. The molecule has 0 saturated carbocycles. The Labute approximate surface area is 131 Å². The van der Waals surface area contributed by atoms with Crippen molar-refractivity contribution in [3.63, 3.8) is 0 Å². The van der Waals surface area contributed by atoms with Gasteiger partial charge in [0.05, 0.1) is 11.1 Å². The van der Waals surface area contributed by atoms with Gasteiger partial charge in [-0.1, -0.05) is 11.6 Å². The van der Waals surface area contributed by atoms with Crippen molar-refractivity contribution in [2.24, 2.45) is 0 Å². The summed E-state index contributed by atoms with van der Waals surface area (Å²) in [6.07, 6.45) is -0.675. The Morgan fingerprint density at radius 2 is 1.90 bits per heavy atom. The molecule has 21 heavy (non-hydrogen) atoms. The van der Waals surface area contributed by atoms with Gasteiger partial charge in [-0.3, -0.25) is 4.79 Å². The van der Waals surface area contributed by atoms with Gasteiger partial charge < -0.3 is 15.2 Å². The Hall–Kier alpha value is -1.26. The van der Waals surface area contributed by atoms with Crippen LogP contribution in [0.4, 0.5) is 0 Å². The van der Waals surface area contributed by atoms with Crippen molar-refractivity contribution < 1.29 is 14.6 Å². The van der Waals surface area contributed by atoms with Crippen LogP contribution in [-0.4, -0.2) is 28.3 Å². The fraction of sp³-hybridized carbons (Fsp3) is 0.562. The van der Waals surface area contributed by atoms with E-state index in [2.05, 4.69) is 5.32 Å². The third-order valence-corrected chi connectivity index (χ3v) is 4.01. The highest BCUT2D eigenvalue weighted by atomic mass is 35.5. The minimum atomic E-state index is -1.04. The highest BCUT2D eigenvalue weighted by Crippen LogP contribution is 2.24. The summed E-state index contributed by atoms with van der Waals surface area (Å²) in [6.45, 7) is 10.4. The maximum atomic E-state index is 12.2. The molecule has 1 amide bonds. The molecule has 1 atom stereocenters. The van der Waals surface area contributed by atoms with E-state index in [-0.39, 0.29) is 5.91 Å². The summed E-state index contributed by atoms with van der Waals surface area (Å²) in [6, 6.07) is 5.24. The minimum Gasteiger partial charge on any atom is -0.481 e. The van der Waals surface area contributed by atoms with Gasteiger partial charge in [-0.2, -0.15) is 0 Å². The van der Waals surface area contributed by atoms with Crippen LogP contribution in [0.1, 0.15) is 40.2 Å². The summed E-state index contributed by atoms with van der Waals surface area (Å²) in [5.74, 6) is 0.333. The van der Waals surface area contributed by atoms with E-state index in [1.807, 2.05) is 6.92 Å². The second kappa shape index (κ2) is 6.24. The molecular weight excluding hydrogens is 290 g/mol. The van der Waals surface area contributed by atoms with E-state index in [0.29, 0.717) is 10.8 Å². The predicted octanol–water partition coefficient (Wildman–Crippen LogP) is 3.08. The number of benzene rings is 1. The molecule has 0 radical (unpaired) electrons. The largest absolute Gasteiger partial charge is 0.481 e. The molecule has 4 nitrogen and oxygen atoms in total.